The summed E-state index contributed by atoms with van der Waals surface area (Å²) in [5.41, 5.74) is 24.4. The molecule has 1 amide bonds. The van der Waals surface area contributed by atoms with Crippen LogP contribution < -0.4 is 11.1 Å². The van der Waals surface area contributed by atoms with E-state index in [0.717, 1.165) is 72.2 Å². The van der Waals surface area contributed by atoms with Gasteiger partial charge in [-0.05, 0) is 212 Å². The van der Waals surface area contributed by atoms with Gasteiger partial charge in [-0.15, -0.1) is 0 Å². The maximum Gasteiger partial charge on any atom is 0.410 e. The third kappa shape index (κ3) is 23.6. The van der Waals surface area contributed by atoms with Crippen LogP contribution in [-0.4, -0.2) is 67.5 Å². The van der Waals surface area contributed by atoms with E-state index in [0.29, 0.717) is 45.6 Å². The van der Waals surface area contributed by atoms with Crippen LogP contribution in [-0.2, 0) is 37.2 Å². The Labute approximate surface area is 683 Å². The number of halogens is 7. The molecule has 0 unspecified atom stereocenters. The Hall–Kier alpha value is -7.29. The smallest absolute Gasteiger partial charge is 0.410 e. The first-order valence-electron chi connectivity index (χ1n) is 37.0. The van der Waals surface area contributed by atoms with E-state index in [4.69, 9.17) is 96.2 Å². The van der Waals surface area contributed by atoms with E-state index >= 15 is 0 Å². The number of amides is 1. The largest absolute Gasteiger partial charge is 0.444 e. The molecule has 18 heteroatoms. The highest BCUT2D eigenvalue weighted by molar-refractivity contribution is 6.42. The van der Waals surface area contributed by atoms with Gasteiger partial charge in [0.25, 0.3) is 0 Å². The molecule has 0 saturated carbocycles. The highest BCUT2D eigenvalue weighted by atomic mass is 35.5. The average molecular weight is 1610 g/mol. The van der Waals surface area contributed by atoms with E-state index in [1.54, 1.807) is 11.1 Å². The molecule has 8 aromatic carbocycles. The minimum absolute atomic E-state index is 0.0167. The molecule has 0 atom stereocenters. The van der Waals surface area contributed by atoms with Crippen molar-refractivity contribution >= 4 is 104 Å². The number of carbonyl (C=O) groups excluding carboxylic acids is 1. The molecule has 0 spiro atoms. The number of rotatable bonds is 6. The number of ether oxygens (including phenoxy) is 1. The van der Waals surface area contributed by atoms with Crippen LogP contribution in [0.15, 0.2) is 187 Å². The maximum absolute atomic E-state index is 12.2. The van der Waals surface area contributed by atoms with Crippen molar-refractivity contribution in [2.24, 2.45) is 0 Å². The van der Waals surface area contributed by atoms with Crippen molar-refractivity contribution in [2.75, 3.05) is 31.9 Å². The fourth-order valence-electron chi connectivity index (χ4n) is 12.5. The number of aromatic nitrogens is 5. The van der Waals surface area contributed by atoms with E-state index in [1.165, 1.54) is 50.1 Å². The van der Waals surface area contributed by atoms with Crippen molar-refractivity contribution in [3.05, 3.63) is 256 Å². The first kappa shape index (κ1) is 87.3. The fourth-order valence-corrected chi connectivity index (χ4v) is 13.7. The number of nitrogens with one attached hydrogen (secondary N) is 1. The number of anilines is 1. The van der Waals surface area contributed by atoms with Crippen LogP contribution in [0, 0.1) is 6.92 Å². The van der Waals surface area contributed by atoms with E-state index in [9.17, 15) is 4.79 Å². The molecule has 11 aromatic rings. The lowest BCUT2D eigenvalue weighted by Gasteiger charge is -2.40. The maximum atomic E-state index is 12.2. The number of nitrogens with zero attached hydrogens (tertiary/aromatic N) is 6. The van der Waals surface area contributed by atoms with Gasteiger partial charge in [0.1, 0.15) is 5.60 Å². The lowest BCUT2D eigenvalue weighted by molar-refractivity contribution is -0.000193. The molecular weight excluding hydrogens is 1500 g/mol. The third-order valence-electron chi connectivity index (χ3n) is 18.7. The summed E-state index contributed by atoms with van der Waals surface area (Å²) in [6, 6.07) is 57.3. The molecule has 11 nitrogen and oxygen atoms in total. The van der Waals surface area contributed by atoms with Crippen LogP contribution >= 0.6 is 81.2 Å². The fraction of sp³-hybridized carbons (Fsp3) is 0.385. The summed E-state index contributed by atoms with van der Waals surface area (Å²) in [4.78, 5) is 13.9. The zero-order valence-corrected chi connectivity index (χ0v) is 72.7. The molecule has 5 heterocycles. The van der Waals surface area contributed by atoms with E-state index in [1.807, 2.05) is 124 Å². The first-order valence-corrected chi connectivity index (χ1v) is 39.6. The van der Waals surface area contributed by atoms with Gasteiger partial charge in [-0.25, -0.2) is 4.79 Å². The monoisotopic (exact) mass is 1610 g/mol. The lowest BCUT2D eigenvalue weighted by atomic mass is 9.82. The zero-order chi connectivity index (χ0) is 80.7. The van der Waals surface area contributed by atoms with Gasteiger partial charge in [-0.3, -0.25) is 9.36 Å². The quantitative estimate of drug-likeness (QED) is 0.168. The predicted molar refractivity (Wildman–Crippen MR) is 465 cm³/mol. The minimum atomic E-state index is -0.485. The van der Waals surface area contributed by atoms with Crippen molar-refractivity contribution in [3.8, 4) is 44.8 Å². The molecule has 0 radical (unpaired) electrons. The second-order valence-corrected chi connectivity index (χ2v) is 38.1. The Balaban J connectivity index is 0.000000168. The number of likely N-dealkylation sites (tertiary alicyclic amines) is 1. The molecule has 580 valence electrons. The summed E-state index contributed by atoms with van der Waals surface area (Å²) in [7, 11) is 0. The Bertz CT molecular complexity index is 4840. The summed E-state index contributed by atoms with van der Waals surface area (Å²) >= 11 is 42.5. The zero-order valence-electron chi connectivity index (χ0n) is 67.4. The topological polar surface area (TPSA) is 129 Å². The van der Waals surface area contributed by atoms with Gasteiger partial charge >= 0.3 is 6.09 Å². The van der Waals surface area contributed by atoms with E-state index in [-0.39, 0.29) is 44.6 Å². The molecule has 2 saturated heterocycles. The molecule has 2 aliphatic rings. The number of hydrogen-bond donors (Lipinski definition) is 2. The number of carbonyl (C=O) groups is 1. The summed E-state index contributed by atoms with van der Waals surface area (Å²) in [6.45, 7) is 50.3. The molecule has 3 aromatic heterocycles. The number of benzene rings is 8. The standard InChI is InChI=1S/C21H28ClN3O2.C17H17ClN2O.C16H20ClN3.C16H17Cl.C11H15Cl.C10H12Cl2/c1-20(2,3)17-8-7-14(22)11-16(17)18-9-10-23-25(18)15-12-24(13-15)19(26)27-21(4,5)6;1-17(2,3)14-6-5-11(18)9-12(14)10-4-7-15-13(8-10)16(19)20-21-15;1-16(2,3)14-5-4-11(17)8-13(14)15-6-7-19-20(15)12-9-18-10-12;1-16(2,3)15-10-9-13(17)11-14(15)12-7-5-4-6-8-12;1-8-5-6-9(7-10(8)12)11(2,3)4;1-10(2,3)7-4-5-8(11)9(12)6-7/h7-11,15H,12-13H2,1-6H3;4-9H,1-3H3,(H2,19,20);4-8,12,18H,9-10H2,1-3H3;4-11H,1-3H3;5-7H,1-4H3;4-6H,1-3H3. The molecule has 3 N–H and O–H groups in total. The first-order chi connectivity index (χ1) is 50.6. The van der Waals surface area contributed by atoms with Gasteiger partial charge < -0.3 is 25.2 Å². The normalized spacial score (nSPS) is 13.5. The van der Waals surface area contributed by atoms with Crippen molar-refractivity contribution in [1.29, 1.82) is 0 Å². The number of nitrogen functional groups attached to an aromatic ring is 1. The number of fused-ring (bicyclic) bond motifs is 1. The van der Waals surface area contributed by atoms with Gasteiger partial charge in [0.15, 0.2) is 11.4 Å². The molecule has 0 bridgehead atoms. The van der Waals surface area contributed by atoms with E-state index in [2.05, 4.69) is 235 Å². The Morgan fingerprint density at radius 3 is 1.26 bits per heavy atom. The van der Waals surface area contributed by atoms with Gasteiger partial charge in [-0.1, -0.05) is 290 Å². The molecular formula is C91H109Cl7N8O3. The van der Waals surface area contributed by atoms with Crippen LogP contribution in [0.3, 0.4) is 0 Å². The Morgan fingerprint density at radius 2 is 0.853 bits per heavy atom. The van der Waals surface area contributed by atoms with Crippen LogP contribution in [0.25, 0.3) is 55.7 Å². The summed E-state index contributed by atoms with van der Waals surface area (Å²) in [6.07, 6.45) is 3.41. The van der Waals surface area contributed by atoms with Gasteiger partial charge in [0.05, 0.1) is 38.9 Å². The summed E-state index contributed by atoms with van der Waals surface area (Å²) in [5.74, 6) is 0.409. The third-order valence-corrected chi connectivity index (χ3v) is 20.8. The molecule has 0 aliphatic carbocycles. The van der Waals surface area contributed by atoms with Crippen molar-refractivity contribution in [3.63, 3.8) is 0 Å². The molecule has 2 aliphatic heterocycles. The summed E-state index contributed by atoms with van der Waals surface area (Å²) < 4.78 is 14.7. The molecule has 109 heavy (non-hydrogen) atoms. The predicted octanol–water partition coefficient (Wildman–Crippen LogP) is 27.5. The van der Waals surface area contributed by atoms with Gasteiger partial charge in [0, 0.05) is 74.8 Å². The SMILES string of the molecule is CC(C)(C)OC(=O)N1CC(n2nccc2-c2cc(Cl)ccc2C(C)(C)C)C1.CC(C)(C)c1ccc(Cl)c(Cl)c1.CC(C)(C)c1ccc(Cl)cc1-c1ccc2onc(N)c2c1.CC(C)(C)c1ccc(Cl)cc1-c1ccccc1.CC(C)(C)c1ccc(Cl)cc1-c1ccnn1C1CNC1.Cc1ccc(C(C)(C)C)cc1Cl. The van der Waals surface area contributed by atoms with Gasteiger partial charge in [-0.2, -0.15) is 10.2 Å². The second kappa shape index (κ2) is 35.6. The van der Waals surface area contributed by atoms with Crippen molar-refractivity contribution < 1.29 is 14.1 Å². The molecule has 13 rings (SSSR count). The molecule has 2 fully saturated rings. The van der Waals surface area contributed by atoms with Crippen molar-refractivity contribution in [2.45, 2.75) is 202 Å². The summed E-state index contributed by atoms with van der Waals surface area (Å²) in [5, 5.41) is 22.0. The minimum Gasteiger partial charge on any atom is -0.444 e. The number of nitrogens with two attached hydrogens (primary N) is 1. The highest BCUT2D eigenvalue weighted by Gasteiger charge is 2.37. The number of hydrogen-bond acceptors (Lipinski definition) is 8. The lowest BCUT2D eigenvalue weighted by Crippen LogP contribution is -2.52. The van der Waals surface area contributed by atoms with Crippen molar-refractivity contribution in [1.82, 2.24) is 34.9 Å². The Kier molecular flexibility index (Phi) is 28.5. The van der Waals surface area contributed by atoms with Crippen LogP contribution in [0.2, 0.25) is 35.2 Å². The van der Waals surface area contributed by atoms with Gasteiger partial charge in [0.2, 0.25) is 0 Å². The second-order valence-electron chi connectivity index (χ2n) is 35.2. The average Bonchev–Trinajstić information content (AvgIpc) is 1.77. The number of aryl methyl sites for hydroxylation is 1. The Morgan fingerprint density at radius 1 is 0.440 bits per heavy atom. The van der Waals surface area contributed by atoms with Crippen LogP contribution in [0.5, 0.6) is 0 Å². The van der Waals surface area contributed by atoms with Crippen LogP contribution in [0.1, 0.15) is 196 Å². The highest BCUT2D eigenvalue weighted by Crippen LogP contribution is 2.42. The van der Waals surface area contributed by atoms with Crippen LogP contribution in [0.4, 0.5) is 10.6 Å². The van der Waals surface area contributed by atoms with E-state index < -0.39 is 5.60 Å².